The Hall–Kier alpha value is -1.52. The van der Waals surface area contributed by atoms with E-state index in [2.05, 4.69) is 27.8 Å². The number of hydrogen-bond donors (Lipinski definition) is 2. The van der Waals surface area contributed by atoms with Crippen LogP contribution >= 0.6 is 12.4 Å². The highest BCUT2D eigenvalue weighted by Gasteiger charge is 2.15. The van der Waals surface area contributed by atoms with Crippen molar-refractivity contribution in [3.05, 3.63) is 30.5 Å². The van der Waals surface area contributed by atoms with Gasteiger partial charge in [-0.05, 0) is 37.2 Å². The summed E-state index contributed by atoms with van der Waals surface area (Å²) in [5.74, 6) is 0.820. The average molecular weight is 280 g/mol. The first kappa shape index (κ1) is 13.9. The number of methoxy groups -OCH3 is 1. The summed E-state index contributed by atoms with van der Waals surface area (Å²) < 4.78 is 5.35. The lowest BCUT2D eigenvalue weighted by molar-refractivity contribution is 0.419. The molecule has 1 aliphatic heterocycles. The monoisotopic (exact) mass is 279 g/mol. The number of hydrogen-bond acceptors (Lipinski definition) is 4. The molecule has 19 heavy (non-hydrogen) atoms. The van der Waals surface area contributed by atoms with Crippen LogP contribution in [0.5, 0.6) is 5.75 Å². The number of fused-ring (bicyclic) bond motifs is 1. The molecule has 3 rings (SSSR count). The van der Waals surface area contributed by atoms with Crippen LogP contribution in [0.25, 0.3) is 10.9 Å². The fraction of sp³-hybridized carbons (Fsp3) is 0.357. The summed E-state index contributed by atoms with van der Waals surface area (Å²) in [5.41, 5.74) is 2.04. The number of pyridine rings is 1. The van der Waals surface area contributed by atoms with Gasteiger partial charge in [0.25, 0.3) is 0 Å². The third-order valence-corrected chi connectivity index (χ3v) is 3.37. The van der Waals surface area contributed by atoms with Gasteiger partial charge in [-0.15, -0.1) is 12.4 Å². The van der Waals surface area contributed by atoms with Crippen molar-refractivity contribution < 1.29 is 4.74 Å². The molecule has 0 unspecified atom stereocenters. The standard InChI is InChI=1S/C14H17N3O.ClH/c1-18-13-5-4-12(17-10-6-8-15-9-10)11-3-2-7-16-14(11)13;/h2-5,7,10,15,17H,6,8-9H2,1H3;1H/t10-;/m0./s1. The van der Waals surface area contributed by atoms with E-state index in [1.54, 1.807) is 13.3 Å². The zero-order valence-electron chi connectivity index (χ0n) is 10.8. The lowest BCUT2D eigenvalue weighted by atomic mass is 10.1. The van der Waals surface area contributed by atoms with E-state index in [1.807, 2.05) is 12.1 Å². The predicted molar refractivity (Wildman–Crippen MR) is 80.4 cm³/mol. The van der Waals surface area contributed by atoms with Crippen molar-refractivity contribution in [3.8, 4) is 5.75 Å². The highest BCUT2D eigenvalue weighted by molar-refractivity contribution is 5.95. The summed E-state index contributed by atoms with van der Waals surface area (Å²) in [4.78, 5) is 4.41. The van der Waals surface area contributed by atoms with Gasteiger partial charge in [-0.25, -0.2) is 0 Å². The largest absolute Gasteiger partial charge is 0.494 e. The number of benzene rings is 1. The number of nitrogens with one attached hydrogen (secondary N) is 2. The van der Waals surface area contributed by atoms with Crippen molar-refractivity contribution in [2.45, 2.75) is 12.5 Å². The fourth-order valence-corrected chi connectivity index (χ4v) is 2.44. The van der Waals surface area contributed by atoms with Gasteiger partial charge in [-0.1, -0.05) is 0 Å². The Morgan fingerprint density at radius 3 is 3.00 bits per heavy atom. The van der Waals surface area contributed by atoms with Gasteiger partial charge >= 0.3 is 0 Å². The van der Waals surface area contributed by atoms with Gasteiger partial charge in [0.2, 0.25) is 0 Å². The lowest BCUT2D eigenvalue weighted by Crippen LogP contribution is -2.22. The molecule has 0 spiro atoms. The van der Waals surface area contributed by atoms with Gasteiger partial charge in [0.05, 0.1) is 7.11 Å². The molecule has 0 saturated carbocycles. The SMILES string of the molecule is COc1ccc(N[C@H]2CCNC2)c2cccnc12.Cl. The lowest BCUT2D eigenvalue weighted by Gasteiger charge is -2.16. The van der Waals surface area contributed by atoms with Crippen LogP contribution in [0.2, 0.25) is 0 Å². The van der Waals surface area contributed by atoms with E-state index in [9.17, 15) is 0 Å². The molecule has 0 aliphatic carbocycles. The quantitative estimate of drug-likeness (QED) is 0.906. The van der Waals surface area contributed by atoms with E-state index < -0.39 is 0 Å². The Labute approximate surface area is 119 Å². The number of ether oxygens (including phenoxy) is 1. The molecule has 0 amide bonds. The number of aromatic nitrogens is 1. The Morgan fingerprint density at radius 2 is 2.26 bits per heavy atom. The second-order valence-electron chi connectivity index (χ2n) is 4.55. The molecule has 2 N–H and O–H groups in total. The number of rotatable bonds is 3. The molecule has 2 aromatic rings. The van der Waals surface area contributed by atoms with E-state index >= 15 is 0 Å². The van der Waals surface area contributed by atoms with E-state index in [0.717, 1.165) is 41.9 Å². The molecular formula is C14H18ClN3O. The molecule has 1 aliphatic rings. The van der Waals surface area contributed by atoms with Crippen LogP contribution < -0.4 is 15.4 Å². The van der Waals surface area contributed by atoms with Crippen molar-refractivity contribution in [2.75, 3.05) is 25.5 Å². The predicted octanol–water partition coefficient (Wildman–Crippen LogP) is 2.44. The molecule has 1 aromatic heterocycles. The van der Waals surface area contributed by atoms with Crippen LogP contribution in [0.1, 0.15) is 6.42 Å². The molecule has 2 heterocycles. The second-order valence-corrected chi connectivity index (χ2v) is 4.55. The van der Waals surface area contributed by atoms with Gasteiger partial charge in [0, 0.05) is 29.9 Å². The number of halogens is 1. The summed E-state index contributed by atoms with van der Waals surface area (Å²) >= 11 is 0. The highest BCUT2D eigenvalue weighted by atomic mass is 35.5. The molecule has 4 nitrogen and oxygen atoms in total. The van der Waals surface area contributed by atoms with E-state index in [4.69, 9.17) is 4.74 Å². The fourth-order valence-electron chi connectivity index (χ4n) is 2.44. The zero-order valence-corrected chi connectivity index (χ0v) is 11.7. The molecule has 5 heteroatoms. The van der Waals surface area contributed by atoms with E-state index in [0.29, 0.717) is 6.04 Å². The topological polar surface area (TPSA) is 46.2 Å². The van der Waals surface area contributed by atoms with Crippen LogP contribution in [0.3, 0.4) is 0 Å². The first-order valence-corrected chi connectivity index (χ1v) is 6.27. The van der Waals surface area contributed by atoms with Crippen molar-refractivity contribution in [1.29, 1.82) is 0 Å². The van der Waals surface area contributed by atoms with Gasteiger partial charge in [0.15, 0.2) is 0 Å². The van der Waals surface area contributed by atoms with Gasteiger partial charge in [0.1, 0.15) is 11.3 Å². The molecule has 1 fully saturated rings. The minimum Gasteiger partial charge on any atom is -0.494 e. The van der Waals surface area contributed by atoms with Crippen LogP contribution in [0, 0.1) is 0 Å². The molecule has 0 radical (unpaired) electrons. The Balaban J connectivity index is 0.00000133. The summed E-state index contributed by atoms with van der Waals surface area (Å²) in [5, 5.41) is 8.05. The average Bonchev–Trinajstić information content (AvgIpc) is 2.92. The minimum atomic E-state index is 0. The third kappa shape index (κ3) is 2.74. The number of anilines is 1. The van der Waals surface area contributed by atoms with Crippen molar-refractivity contribution in [1.82, 2.24) is 10.3 Å². The Morgan fingerprint density at radius 1 is 1.37 bits per heavy atom. The highest BCUT2D eigenvalue weighted by Crippen LogP contribution is 2.30. The third-order valence-electron chi connectivity index (χ3n) is 3.37. The van der Waals surface area contributed by atoms with Crippen molar-refractivity contribution in [3.63, 3.8) is 0 Å². The van der Waals surface area contributed by atoms with Crippen LogP contribution in [0.4, 0.5) is 5.69 Å². The summed E-state index contributed by atoms with van der Waals surface area (Å²) in [6, 6.07) is 8.58. The summed E-state index contributed by atoms with van der Waals surface area (Å²) in [6.07, 6.45) is 2.96. The Kier molecular flexibility index (Phi) is 4.45. The van der Waals surface area contributed by atoms with Gasteiger partial charge in [-0.3, -0.25) is 4.98 Å². The maximum Gasteiger partial charge on any atom is 0.145 e. The first-order valence-electron chi connectivity index (χ1n) is 6.27. The molecule has 1 saturated heterocycles. The second kappa shape index (κ2) is 6.08. The van der Waals surface area contributed by atoms with E-state index in [-0.39, 0.29) is 12.4 Å². The van der Waals surface area contributed by atoms with Crippen LogP contribution in [-0.4, -0.2) is 31.2 Å². The van der Waals surface area contributed by atoms with Gasteiger partial charge in [-0.2, -0.15) is 0 Å². The molecular weight excluding hydrogens is 262 g/mol. The Bertz CT molecular complexity index is 555. The molecule has 1 aromatic carbocycles. The van der Waals surface area contributed by atoms with Crippen molar-refractivity contribution in [2.24, 2.45) is 0 Å². The first-order chi connectivity index (χ1) is 8.88. The minimum absolute atomic E-state index is 0. The maximum atomic E-state index is 5.35. The van der Waals surface area contributed by atoms with Crippen LogP contribution in [-0.2, 0) is 0 Å². The summed E-state index contributed by atoms with van der Waals surface area (Å²) in [6.45, 7) is 2.11. The smallest absolute Gasteiger partial charge is 0.145 e. The normalized spacial score (nSPS) is 18.1. The van der Waals surface area contributed by atoms with Crippen molar-refractivity contribution >= 4 is 29.0 Å². The molecule has 102 valence electrons. The van der Waals surface area contributed by atoms with Crippen LogP contribution in [0.15, 0.2) is 30.5 Å². The maximum absolute atomic E-state index is 5.35. The summed E-state index contributed by atoms with van der Waals surface area (Å²) in [7, 11) is 1.68. The zero-order chi connectivity index (χ0) is 12.4. The number of nitrogens with zero attached hydrogens (tertiary/aromatic N) is 1. The van der Waals surface area contributed by atoms with Gasteiger partial charge < -0.3 is 15.4 Å². The molecule has 0 bridgehead atoms. The van der Waals surface area contributed by atoms with E-state index in [1.165, 1.54) is 0 Å². The molecule has 1 atom stereocenters.